The van der Waals surface area contributed by atoms with Gasteiger partial charge >= 0.3 is 5.97 Å². The second-order valence-electron chi connectivity index (χ2n) is 4.10. The summed E-state index contributed by atoms with van der Waals surface area (Å²) in [6.45, 7) is 4.47. The van der Waals surface area contributed by atoms with E-state index < -0.39 is 11.4 Å². The van der Waals surface area contributed by atoms with Crippen LogP contribution in [-0.4, -0.2) is 22.6 Å². The van der Waals surface area contributed by atoms with E-state index in [9.17, 15) is 4.79 Å². The van der Waals surface area contributed by atoms with Crippen molar-refractivity contribution >= 4 is 22.4 Å². The summed E-state index contributed by atoms with van der Waals surface area (Å²) in [7, 11) is 0. The van der Waals surface area contributed by atoms with E-state index in [0.717, 1.165) is 23.7 Å². The second kappa shape index (κ2) is 3.48. The van der Waals surface area contributed by atoms with Gasteiger partial charge in [0.05, 0.1) is 11.1 Å². The van der Waals surface area contributed by atoms with E-state index in [1.54, 1.807) is 11.3 Å². The number of hydrogen-bond donors (Lipinski definition) is 2. The number of aryl methyl sites for hydroxylation is 2. The molecule has 82 valence electrons. The summed E-state index contributed by atoms with van der Waals surface area (Å²) < 4.78 is 0. The zero-order valence-corrected chi connectivity index (χ0v) is 9.65. The Bertz CT molecular complexity index is 377. The molecule has 0 amide bonds. The van der Waals surface area contributed by atoms with E-state index in [1.165, 1.54) is 4.88 Å². The first-order chi connectivity index (χ1) is 7.03. The number of nitrogens with one attached hydrogen (secondary N) is 1. The highest BCUT2D eigenvalue weighted by atomic mass is 32.1. The minimum atomic E-state index is -0.694. The number of thiazole rings is 1. The Balaban J connectivity index is 1.96. The monoisotopic (exact) mass is 226 g/mol. The van der Waals surface area contributed by atoms with Crippen LogP contribution in [0.25, 0.3) is 0 Å². The quantitative estimate of drug-likeness (QED) is 0.824. The zero-order chi connectivity index (χ0) is 11.1. The average Bonchev–Trinajstić information content (AvgIpc) is 2.89. The molecular formula is C10H14N2O2S. The summed E-state index contributed by atoms with van der Waals surface area (Å²) in [4.78, 5) is 16.4. The number of rotatable bonds is 4. The smallest absolute Gasteiger partial charge is 0.311 e. The van der Waals surface area contributed by atoms with Crippen molar-refractivity contribution in [1.29, 1.82) is 0 Å². The SMILES string of the molecule is Cc1nc(NCC2(C(=O)O)CC2)sc1C. The van der Waals surface area contributed by atoms with E-state index in [4.69, 9.17) is 5.11 Å². The van der Waals surface area contributed by atoms with Crippen molar-refractivity contribution < 1.29 is 9.90 Å². The highest BCUT2D eigenvalue weighted by Crippen LogP contribution is 2.45. The largest absolute Gasteiger partial charge is 0.481 e. The van der Waals surface area contributed by atoms with Crippen LogP contribution >= 0.6 is 11.3 Å². The summed E-state index contributed by atoms with van der Waals surface area (Å²) in [6, 6.07) is 0. The minimum Gasteiger partial charge on any atom is -0.481 e. The first kappa shape index (κ1) is 10.4. The predicted molar refractivity (Wildman–Crippen MR) is 59.4 cm³/mol. The van der Waals surface area contributed by atoms with Crippen molar-refractivity contribution in [2.45, 2.75) is 26.7 Å². The molecule has 4 nitrogen and oxygen atoms in total. The lowest BCUT2D eigenvalue weighted by Gasteiger charge is -2.09. The first-order valence-corrected chi connectivity index (χ1v) is 5.76. The highest BCUT2D eigenvalue weighted by Gasteiger charge is 2.50. The van der Waals surface area contributed by atoms with Crippen LogP contribution in [0.2, 0.25) is 0 Å². The molecule has 1 aliphatic rings. The van der Waals surface area contributed by atoms with E-state index in [1.807, 2.05) is 13.8 Å². The Morgan fingerprint density at radius 1 is 1.60 bits per heavy atom. The summed E-state index contributed by atoms with van der Waals surface area (Å²) in [6.07, 6.45) is 1.55. The number of carboxylic acids is 1. The standard InChI is InChI=1S/C10H14N2O2S/c1-6-7(2)15-9(12-6)11-5-10(3-4-10)8(13)14/h3-5H2,1-2H3,(H,11,12)(H,13,14). The molecule has 0 unspecified atom stereocenters. The van der Waals surface area contributed by atoms with Gasteiger partial charge in [0.15, 0.2) is 5.13 Å². The molecule has 5 heteroatoms. The maximum Gasteiger partial charge on any atom is 0.311 e. The van der Waals surface area contributed by atoms with E-state index in [-0.39, 0.29) is 0 Å². The molecule has 1 aliphatic carbocycles. The van der Waals surface area contributed by atoms with Crippen molar-refractivity contribution in [3.63, 3.8) is 0 Å². The molecule has 1 aromatic heterocycles. The van der Waals surface area contributed by atoms with Crippen LogP contribution in [0, 0.1) is 19.3 Å². The van der Waals surface area contributed by atoms with Gasteiger partial charge in [0.25, 0.3) is 0 Å². The Morgan fingerprint density at radius 2 is 2.27 bits per heavy atom. The molecule has 1 fully saturated rings. The van der Waals surface area contributed by atoms with Gasteiger partial charge in [-0.05, 0) is 26.7 Å². The van der Waals surface area contributed by atoms with Gasteiger partial charge in [0.1, 0.15) is 0 Å². The normalized spacial score (nSPS) is 17.5. The molecule has 2 N–H and O–H groups in total. The fourth-order valence-electron chi connectivity index (χ4n) is 1.41. The number of carboxylic acid groups (broad SMARTS) is 1. The Labute approximate surface area is 92.3 Å². The molecule has 0 aliphatic heterocycles. The first-order valence-electron chi connectivity index (χ1n) is 4.95. The van der Waals surface area contributed by atoms with Crippen molar-refractivity contribution in [2.24, 2.45) is 5.41 Å². The van der Waals surface area contributed by atoms with Gasteiger partial charge in [-0.3, -0.25) is 4.79 Å². The molecule has 1 aromatic rings. The maximum absolute atomic E-state index is 10.9. The lowest BCUT2D eigenvalue weighted by molar-refractivity contribution is -0.142. The van der Waals surface area contributed by atoms with Crippen LogP contribution in [0.5, 0.6) is 0 Å². The molecule has 1 saturated carbocycles. The number of aliphatic carboxylic acids is 1. The minimum absolute atomic E-state index is 0.495. The fourth-order valence-corrected chi connectivity index (χ4v) is 2.22. The van der Waals surface area contributed by atoms with Crippen LogP contribution < -0.4 is 5.32 Å². The average molecular weight is 226 g/mol. The number of anilines is 1. The van der Waals surface area contributed by atoms with Crippen molar-refractivity contribution in [3.8, 4) is 0 Å². The highest BCUT2D eigenvalue weighted by molar-refractivity contribution is 7.15. The van der Waals surface area contributed by atoms with E-state index in [0.29, 0.717) is 6.54 Å². The van der Waals surface area contributed by atoms with Crippen LogP contribution in [-0.2, 0) is 4.79 Å². The van der Waals surface area contributed by atoms with E-state index in [2.05, 4.69) is 10.3 Å². The topological polar surface area (TPSA) is 62.2 Å². The van der Waals surface area contributed by atoms with Crippen LogP contribution in [0.4, 0.5) is 5.13 Å². The zero-order valence-electron chi connectivity index (χ0n) is 8.83. The molecule has 15 heavy (non-hydrogen) atoms. The van der Waals surface area contributed by atoms with Gasteiger partial charge < -0.3 is 10.4 Å². The summed E-state index contributed by atoms with van der Waals surface area (Å²) in [5, 5.41) is 12.9. The number of aromatic nitrogens is 1. The van der Waals surface area contributed by atoms with Gasteiger partial charge in [-0.2, -0.15) is 0 Å². The third kappa shape index (κ3) is 1.97. The van der Waals surface area contributed by atoms with Gasteiger partial charge in [-0.25, -0.2) is 4.98 Å². The Kier molecular flexibility index (Phi) is 2.42. The summed E-state index contributed by atoms with van der Waals surface area (Å²) >= 11 is 1.58. The number of nitrogens with zero attached hydrogens (tertiary/aromatic N) is 1. The van der Waals surface area contributed by atoms with E-state index >= 15 is 0 Å². The molecule has 0 atom stereocenters. The third-order valence-electron chi connectivity index (χ3n) is 2.91. The molecule has 2 rings (SSSR count). The fraction of sp³-hybridized carbons (Fsp3) is 0.600. The van der Waals surface area contributed by atoms with Crippen LogP contribution in [0.1, 0.15) is 23.4 Å². The summed E-state index contributed by atoms with van der Waals surface area (Å²) in [5.41, 5.74) is 0.496. The van der Waals surface area contributed by atoms with Crippen molar-refractivity contribution in [3.05, 3.63) is 10.6 Å². The molecular weight excluding hydrogens is 212 g/mol. The van der Waals surface area contributed by atoms with Gasteiger partial charge in [0, 0.05) is 11.4 Å². The van der Waals surface area contributed by atoms with Crippen LogP contribution in [0.3, 0.4) is 0 Å². The third-order valence-corrected chi connectivity index (χ3v) is 3.94. The van der Waals surface area contributed by atoms with Gasteiger partial charge in [-0.1, -0.05) is 0 Å². The molecule has 0 radical (unpaired) electrons. The molecule has 0 aromatic carbocycles. The van der Waals surface area contributed by atoms with Gasteiger partial charge in [0.2, 0.25) is 0 Å². The van der Waals surface area contributed by atoms with Crippen molar-refractivity contribution in [1.82, 2.24) is 4.98 Å². The van der Waals surface area contributed by atoms with Gasteiger partial charge in [-0.15, -0.1) is 11.3 Å². The Morgan fingerprint density at radius 3 is 2.67 bits per heavy atom. The lowest BCUT2D eigenvalue weighted by atomic mass is 10.1. The second-order valence-corrected chi connectivity index (χ2v) is 5.30. The molecule has 0 bridgehead atoms. The predicted octanol–water partition coefficient (Wildman–Crippen LogP) is 2.04. The molecule has 0 spiro atoms. The lowest BCUT2D eigenvalue weighted by Crippen LogP contribution is -2.24. The Hall–Kier alpha value is -1.10. The summed E-state index contributed by atoms with van der Waals surface area (Å²) in [5.74, 6) is -0.694. The van der Waals surface area contributed by atoms with Crippen LogP contribution in [0.15, 0.2) is 0 Å². The van der Waals surface area contributed by atoms with Crippen molar-refractivity contribution in [2.75, 3.05) is 11.9 Å². The number of carbonyl (C=O) groups is 1. The number of hydrogen-bond acceptors (Lipinski definition) is 4. The molecule has 0 saturated heterocycles. The molecule has 1 heterocycles. The maximum atomic E-state index is 10.9.